The molecule has 0 aromatic carbocycles. The van der Waals surface area contributed by atoms with Crippen LogP contribution in [0.4, 0.5) is 8.78 Å². The average molecular weight is 382 g/mol. The SMILES string of the molecule is CC(C)CCC(=O)N1Cc2ccnn2C(CC(=O)N2CCC(F)(F)CC2)C1. The van der Waals surface area contributed by atoms with Crippen LogP contribution in [0.3, 0.4) is 0 Å². The highest BCUT2D eigenvalue weighted by atomic mass is 19.3. The fraction of sp³-hybridized carbons (Fsp3) is 0.737. The van der Waals surface area contributed by atoms with Gasteiger partial charge in [0.2, 0.25) is 11.8 Å². The number of fused-ring (bicyclic) bond motifs is 1. The highest BCUT2D eigenvalue weighted by Gasteiger charge is 2.37. The van der Waals surface area contributed by atoms with Crippen molar-refractivity contribution in [2.24, 2.45) is 5.92 Å². The molecule has 0 bridgehead atoms. The summed E-state index contributed by atoms with van der Waals surface area (Å²) in [6.07, 6.45) is 2.62. The van der Waals surface area contributed by atoms with Gasteiger partial charge in [-0.15, -0.1) is 0 Å². The average Bonchev–Trinajstić information content (AvgIpc) is 3.08. The number of alkyl halides is 2. The second-order valence-corrected chi connectivity index (χ2v) is 8.07. The quantitative estimate of drug-likeness (QED) is 0.787. The fourth-order valence-corrected chi connectivity index (χ4v) is 3.71. The van der Waals surface area contributed by atoms with Crippen LogP contribution in [-0.2, 0) is 16.1 Å². The van der Waals surface area contributed by atoms with E-state index in [1.54, 1.807) is 11.1 Å². The molecule has 2 aliphatic heterocycles. The first-order valence-electron chi connectivity index (χ1n) is 9.71. The van der Waals surface area contributed by atoms with Gasteiger partial charge in [-0.2, -0.15) is 5.10 Å². The molecule has 1 aromatic rings. The largest absolute Gasteiger partial charge is 0.342 e. The third-order valence-electron chi connectivity index (χ3n) is 5.43. The van der Waals surface area contributed by atoms with Gasteiger partial charge in [0.25, 0.3) is 5.92 Å². The van der Waals surface area contributed by atoms with Crippen LogP contribution in [0.1, 0.15) is 57.7 Å². The molecule has 1 fully saturated rings. The monoisotopic (exact) mass is 382 g/mol. The van der Waals surface area contributed by atoms with E-state index >= 15 is 0 Å². The maximum atomic E-state index is 13.3. The summed E-state index contributed by atoms with van der Waals surface area (Å²) >= 11 is 0. The van der Waals surface area contributed by atoms with Crippen LogP contribution >= 0.6 is 0 Å². The first-order chi connectivity index (χ1) is 12.7. The van der Waals surface area contributed by atoms with Gasteiger partial charge in [-0.1, -0.05) is 13.8 Å². The summed E-state index contributed by atoms with van der Waals surface area (Å²) in [6.45, 7) is 5.27. The number of piperidine rings is 1. The third-order valence-corrected chi connectivity index (χ3v) is 5.43. The molecule has 1 atom stereocenters. The van der Waals surface area contributed by atoms with E-state index in [0.717, 1.165) is 12.1 Å². The molecule has 2 aliphatic rings. The highest BCUT2D eigenvalue weighted by Crippen LogP contribution is 2.29. The minimum absolute atomic E-state index is 0.0849. The van der Waals surface area contributed by atoms with Crippen LogP contribution in [0, 0.1) is 5.92 Å². The maximum Gasteiger partial charge on any atom is 0.251 e. The Hall–Kier alpha value is -1.99. The van der Waals surface area contributed by atoms with Crippen molar-refractivity contribution < 1.29 is 18.4 Å². The van der Waals surface area contributed by atoms with Crippen molar-refractivity contribution in [3.8, 4) is 0 Å². The Morgan fingerprint density at radius 1 is 1.22 bits per heavy atom. The molecular weight excluding hydrogens is 354 g/mol. The molecule has 1 unspecified atom stereocenters. The zero-order valence-electron chi connectivity index (χ0n) is 16.0. The van der Waals surface area contributed by atoms with Gasteiger partial charge < -0.3 is 9.80 Å². The molecule has 0 aliphatic carbocycles. The summed E-state index contributed by atoms with van der Waals surface area (Å²) in [4.78, 5) is 28.5. The molecule has 3 heterocycles. The van der Waals surface area contributed by atoms with Crippen LogP contribution in [0.25, 0.3) is 0 Å². The predicted molar refractivity (Wildman–Crippen MR) is 96.1 cm³/mol. The Labute approximate surface area is 158 Å². The van der Waals surface area contributed by atoms with E-state index in [1.165, 1.54) is 4.90 Å². The molecule has 0 spiro atoms. The predicted octanol–water partition coefficient (Wildman–Crippen LogP) is 2.85. The Bertz CT molecular complexity index is 679. The van der Waals surface area contributed by atoms with E-state index in [1.807, 2.05) is 10.7 Å². The minimum atomic E-state index is -2.67. The van der Waals surface area contributed by atoms with E-state index in [2.05, 4.69) is 18.9 Å². The molecule has 1 saturated heterocycles. The van der Waals surface area contributed by atoms with E-state index in [4.69, 9.17) is 0 Å². The molecule has 150 valence electrons. The van der Waals surface area contributed by atoms with Gasteiger partial charge in [0.15, 0.2) is 0 Å². The third kappa shape index (κ3) is 4.84. The van der Waals surface area contributed by atoms with Crippen LogP contribution < -0.4 is 0 Å². The summed E-state index contributed by atoms with van der Waals surface area (Å²) in [6, 6.07) is 1.61. The Kier molecular flexibility index (Phi) is 5.81. The van der Waals surface area contributed by atoms with Crippen molar-refractivity contribution in [1.29, 1.82) is 0 Å². The summed E-state index contributed by atoms with van der Waals surface area (Å²) < 4.78 is 28.5. The molecule has 2 amide bonds. The standard InChI is InChI=1S/C19H28F2N4O2/c1-14(2)3-4-17(26)24-12-15-5-8-22-25(15)16(13-24)11-18(27)23-9-6-19(20,21)7-10-23/h5,8,14,16H,3-4,6-7,9-13H2,1-2H3. The number of likely N-dealkylation sites (tertiary alicyclic amines) is 1. The van der Waals surface area contributed by atoms with E-state index in [9.17, 15) is 18.4 Å². The smallest absolute Gasteiger partial charge is 0.251 e. The van der Waals surface area contributed by atoms with Crippen molar-refractivity contribution in [3.05, 3.63) is 18.0 Å². The van der Waals surface area contributed by atoms with E-state index in [-0.39, 0.29) is 50.2 Å². The number of halogens is 2. The van der Waals surface area contributed by atoms with Crippen molar-refractivity contribution in [3.63, 3.8) is 0 Å². The summed E-state index contributed by atoms with van der Waals surface area (Å²) in [5.41, 5.74) is 0.905. The van der Waals surface area contributed by atoms with Crippen LogP contribution in [-0.4, -0.2) is 57.0 Å². The number of aromatic nitrogens is 2. The number of nitrogens with zero attached hydrogens (tertiary/aromatic N) is 4. The molecular formula is C19H28F2N4O2. The van der Waals surface area contributed by atoms with Crippen molar-refractivity contribution in [2.75, 3.05) is 19.6 Å². The number of amides is 2. The Morgan fingerprint density at radius 2 is 1.93 bits per heavy atom. The molecule has 0 saturated carbocycles. The zero-order chi connectivity index (χ0) is 19.6. The zero-order valence-corrected chi connectivity index (χ0v) is 16.0. The van der Waals surface area contributed by atoms with Gasteiger partial charge >= 0.3 is 0 Å². The Morgan fingerprint density at radius 3 is 2.59 bits per heavy atom. The van der Waals surface area contributed by atoms with Crippen molar-refractivity contribution >= 4 is 11.8 Å². The normalized spacial score (nSPS) is 22.0. The van der Waals surface area contributed by atoms with Crippen LogP contribution in [0.2, 0.25) is 0 Å². The topological polar surface area (TPSA) is 58.4 Å². The molecule has 0 radical (unpaired) electrons. The van der Waals surface area contributed by atoms with Gasteiger partial charge in [0.05, 0.1) is 24.7 Å². The highest BCUT2D eigenvalue weighted by molar-refractivity contribution is 5.78. The van der Waals surface area contributed by atoms with Gasteiger partial charge in [-0.3, -0.25) is 14.3 Å². The lowest BCUT2D eigenvalue weighted by Gasteiger charge is -2.36. The fourth-order valence-electron chi connectivity index (χ4n) is 3.71. The van der Waals surface area contributed by atoms with Crippen LogP contribution in [0.15, 0.2) is 12.3 Å². The van der Waals surface area contributed by atoms with Crippen LogP contribution in [0.5, 0.6) is 0 Å². The van der Waals surface area contributed by atoms with Gasteiger partial charge in [0.1, 0.15) is 0 Å². The maximum absolute atomic E-state index is 13.3. The molecule has 3 rings (SSSR count). The second kappa shape index (κ2) is 7.94. The van der Waals surface area contributed by atoms with Gasteiger partial charge in [-0.05, 0) is 18.4 Å². The lowest BCUT2D eigenvalue weighted by atomic mass is 10.0. The number of hydrogen-bond acceptors (Lipinski definition) is 3. The first kappa shape index (κ1) is 19.8. The lowest BCUT2D eigenvalue weighted by Crippen LogP contribution is -2.46. The molecule has 0 N–H and O–H groups in total. The lowest BCUT2D eigenvalue weighted by molar-refractivity contribution is -0.140. The number of rotatable bonds is 5. The molecule has 1 aromatic heterocycles. The van der Waals surface area contributed by atoms with Gasteiger partial charge in [-0.25, -0.2) is 8.78 Å². The van der Waals surface area contributed by atoms with E-state index in [0.29, 0.717) is 25.4 Å². The summed E-state index contributed by atoms with van der Waals surface area (Å²) in [7, 11) is 0. The Balaban J connectivity index is 1.64. The molecule has 8 heteroatoms. The number of carbonyl (C=O) groups is 2. The number of carbonyl (C=O) groups excluding carboxylic acids is 2. The second-order valence-electron chi connectivity index (χ2n) is 8.07. The van der Waals surface area contributed by atoms with Crippen molar-refractivity contribution in [1.82, 2.24) is 19.6 Å². The summed E-state index contributed by atoms with van der Waals surface area (Å²) in [5.74, 6) is -2.27. The first-order valence-corrected chi connectivity index (χ1v) is 9.71. The minimum Gasteiger partial charge on any atom is -0.342 e. The van der Waals surface area contributed by atoms with E-state index < -0.39 is 5.92 Å². The molecule has 6 nitrogen and oxygen atoms in total. The van der Waals surface area contributed by atoms with Crippen molar-refractivity contribution in [2.45, 2.75) is 64.5 Å². The molecule has 27 heavy (non-hydrogen) atoms. The van der Waals surface area contributed by atoms with Gasteiger partial charge in [0, 0.05) is 45.1 Å². The summed E-state index contributed by atoms with van der Waals surface area (Å²) in [5, 5.41) is 4.32. The number of hydrogen-bond donors (Lipinski definition) is 0.